The van der Waals surface area contributed by atoms with Crippen LogP contribution in [0.2, 0.25) is 10.0 Å². The lowest BCUT2D eigenvalue weighted by Crippen LogP contribution is -2.28. The molecule has 1 N–H and O–H groups in total. The van der Waals surface area contributed by atoms with Gasteiger partial charge in [-0.2, -0.15) is 0 Å². The van der Waals surface area contributed by atoms with Gasteiger partial charge in [-0.25, -0.2) is 0 Å². The highest BCUT2D eigenvalue weighted by molar-refractivity contribution is 6.35. The van der Waals surface area contributed by atoms with Gasteiger partial charge in [0.15, 0.2) is 11.6 Å². The second kappa shape index (κ2) is 7.97. The first-order valence-electron chi connectivity index (χ1n) is 9.31. The Labute approximate surface area is 172 Å². The normalized spacial score (nSPS) is 15.0. The van der Waals surface area contributed by atoms with Crippen molar-refractivity contribution in [2.45, 2.75) is 45.2 Å². The maximum absolute atomic E-state index is 12.7. The summed E-state index contributed by atoms with van der Waals surface area (Å²) in [6, 6.07) is 8.15. The summed E-state index contributed by atoms with van der Waals surface area (Å²) in [5.74, 6) is 2.14. The van der Waals surface area contributed by atoms with Gasteiger partial charge >= 0.3 is 0 Å². The number of hydrogen-bond acceptors (Lipinski definition) is 4. The van der Waals surface area contributed by atoms with E-state index in [-0.39, 0.29) is 17.7 Å². The van der Waals surface area contributed by atoms with E-state index < -0.39 is 0 Å². The lowest BCUT2D eigenvalue weighted by molar-refractivity contribution is 0.0910. The van der Waals surface area contributed by atoms with Crippen molar-refractivity contribution in [3.8, 4) is 11.3 Å². The lowest BCUT2D eigenvalue weighted by Gasteiger charge is -2.14. The molecule has 0 saturated carbocycles. The Morgan fingerprint density at radius 3 is 2.89 bits per heavy atom. The molecule has 0 radical (unpaired) electrons. The number of carbonyl (C=O) groups is 1. The second-order valence-electron chi connectivity index (χ2n) is 6.92. The van der Waals surface area contributed by atoms with Gasteiger partial charge in [0.1, 0.15) is 11.6 Å². The molecule has 2 aromatic heterocycles. The number of fused-ring (bicyclic) bond motifs is 1. The predicted octanol–water partition coefficient (Wildman–Crippen LogP) is 5.06. The van der Waals surface area contributed by atoms with Crippen molar-refractivity contribution < 1.29 is 9.21 Å². The summed E-state index contributed by atoms with van der Waals surface area (Å²) in [5, 5.41) is 12.6. The molecule has 8 heteroatoms. The van der Waals surface area contributed by atoms with E-state index >= 15 is 0 Å². The molecular formula is C20H20Cl2N4O2. The third-order valence-electron chi connectivity index (χ3n) is 4.90. The van der Waals surface area contributed by atoms with Gasteiger partial charge in [-0.1, -0.05) is 29.6 Å². The van der Waals surface area contributed by atoms with E-state index in [0.29, 0.717) is 21.4 Å². The molecule has 0 saturated heterocycles. The smallest absolute Gasteiger partial charge is 0.287 e. The van der Waals surface area contributed by atoms with Crippen LogP contribution in [0.3, 0.4) is 0 Å². The van der Waals surface area contributed by atoms with E-state index in [9.17, 15) is 4.79 Å². The third kappa shape index (κ3) is 3.80. The average Bonchev–Trinajstić information content (AvgIpc) is 3.26. The molecule has 3 aromatic rings. The molecule has 0 unspecified atom stereocenters. The first-order valence-corrected chi connectivity index (χ1v) is 10.1. The van der Waals surface area contributed by atoms with Crippen LogP contribution in [-0.2, 0) is 13.0 Å². The van der Waals surface area contributed by atoms with Gasteiger partial charge in [-0.15, -0.1) is 10.2 Å². The maximum atomic E-state index is 12.7. The SMILES string of the molecule is C[C@H](NC(=O)c1ccc(-c2cc(Cl)ccc2Cl)o1)c1nnc2n1CCCCC2. The standard InChI is InChI=1S/C20H20Cl2N4O2/c1-12(19-25-24-18-5-3-2-4-10-26(18)19)23-20(27)17-9-8-16(28-17)14-11-13(21)6-7-15(14)22/h6-9,11-12H,2-5,10H2,1H3,(H,23,27)/t12-/m0/s1. The maximum Gasteiger partial charge on any atom is 0.287 e. The Morgan fingerprint density at radius 2 is 2.04 bits per heavy atom. The molecule has 3 heterocycles. The van der Waals surface area contributed by atoms with Gasteiger partial charge < -0.3 is 14.3 Å². The largest absolute Gasteiger partial charge is 0.451 e. The molecule has 1 atom stereocenters. The molecule has 0 spiro atoms. The van der Waals surface area contributed by atoms with E-state index in [1.54, 1.807) is 30.3 Å². The number of rotatable bonds is 4. The van der Waals surface area contributed by atoms with Crippen LogP contribution in [-0.4, -0.2) is 20.7 Å². The Kier molecular flexibility index (Phi) is 5.42. The van der Waals surface area contributed by atoms with Gasteiger partial charge in [0.05, 0.1) is 11.1 Å². The molecule has 1 amide bonds. The fraction of sp³-hybridized carbons (Fsp3) is 0.350. The van der Waals surface area contributed by atoms with Crippen molar-refractivity contribution in [1.29, 1.82) is 0 Å². The van der Waals surface area contributed by atoms with Crippen molar-refractivity contribution in [1.82, 2.24) is 20.1 Å². The summed E-state index contributed by atoms with van der Waals surface area (Å²) in [6.45, 7) is 2.79. The lowest BCUT2D eigenvalue weighted by atomic mass is 10.2. The number of aromatic nitrogens is 3. The molecule has 0 fully saturated rings. The zero-order chi connectivity index (χ0) is 19.7. The zero-order valence-electron chi connectivity index (χ0n) is 15.4. The highest BCUT2D eigenvalue weighted by Crippen LogP contribution is 2.32. The summed E-state index contributed by atoms with van der Waals surface area (Å²) in [6.07, 6.45) is 4.33. The van der Waals surface area contributed by atoms with Crippen LogP contribution >= 0.6 is 23.2 Å². The number of hydrogen-bond donors (Lipinski definition) is 1. The van der Waals surface area contributed by atoms with Crippen molar-refractivity contribution in [2.75, 3.05) is 0 Å². The number of benzene rings is 1. The summed E-state index contributed by atoms with van der Waals surface area (Å²) in [4.78, 5) is 12.7. The Morgan fingerprint density at radius 1 is 1.18 bits per heavy atom. The zero-order valence-corrected chi connectivity index (χ0v) is 16.9. The van der Waals surface area contributed by atoms with Crippen LogP contribution in [0.1, 0.15) is 54.4 Å². The minimum Gasteiger partial charge on any atom is -0.451 e. The van der Waals surface area contributed by atoms with Crippen molar-refractivity contribution in [2.24, 2.45) is 0 Å². The van der Waals surface area contributed by atoms with Crippen LogP contribution in [0, 0.1) is 0 Å². The van der Waals surface area contributed by atoms with E-state index in [0.717, 1.165) is 37.5 Å². The minimum absolute atomic E-state index is 0.202. The summed E-state index contributed by atoms with van der Waals surface area (Å²) >= 11 is 12.3. The van der Waals surface area contributed by atoms with Gasteiger partial charge in [-0.3, -0.25) is 4.79 Å². The Hall–Kier alpha value is -2.31. The van der Waals surface area contributed by atoms with E-state index in [2.05, 4.69) is 20.1 Å². The molecule has 0 aliphatic carbocycles. The monoisotopic (exact) mass is 418 g/mol. The third-order valence-corrected chi connectivity index (χ3v) is 5.46. The summed E-state index contributed by atoms with van der Waals surface area (Å²) in [5.41, 5.74) is 0.643. The topological polar surface area (TPSA) is 73.0 Å². The fourth-order valence-corrected chi connectivity index (χ4v) is 3.83. The van der Waals surface area contributed by atoms with E-state index in [4.69, 9.17) is 27.6 Å². The molecule has 1 aliphatic rings. The highest BCUT2D eigenvalue weighted by Gasteiger charge is 2.22. The quantitative estimate of drug-likeness (QED) is 0.642. The molecular weight excluding hydrogens is 399 g/mol. The van der Waals surface area contributed by atoms with E-state index in [1.807, 2.05) is 6.92 Å². The number of nitrogens with one attached hydrogen (secondary N) is 1. The van der Waals surface area contributed by atoms with E-state index in [1.165, 1.54) is 6.42 Å². The van der Waals surface area contributed by atoms with Crippen molar-refractivity contribution in [3.63, 3.8) is 0 Å². The first kappa shape index (κ1) is 19.0. The number of carbonyl (C=O) groups excluding carboxylic acids is 1. The fourth-order valence-electron chi connectivity index (χ4n) is 3.45. The van der Waals surface area contributed by atoms with Crippen LogP contribution in [0.15, 0.2) is 34.7 Å². The molecule has 28 heavy (non-hydrogen) atoms. The molecule has 1 aromatic carbocycles. The summed E-state index contributed by atoms with van der Waals surface area (Å²) < 4.78 is 7.84. The molecule has 0 bridgehead atoms. The average molecular weight is 419 g/mol. The Bertz CT molecular complexity index is 1010. The number of amides is 1. The van der Waals surface area contributed by atoms with Gasteiger partial charge in [0, 0.05) is 23.6 Å². The second-order valence-corrected chi connectivity index (χ2v) is 7.76. The van der Waals surface area contributed by atoms with Crippen LogP contribution in [0.25, 0.3) is 11.3 Å². The van der Waals surface area contributed by atoms with Crippen LogP contribution in [0.4, 0.5) is 0 Å². The van der Waals surface area contributed by atoms with Crippen molar-refractivity contribution >= 4 is 29.1 Å². The van der Waals surface area contributed by atoms with Crippen LogP contribution < -0.4 is 5.32 Å². The van der Waals surface area contributed by atoms with Gasteiger partial charge in [-0.05, 0) is 50.1 Å². The Balaban J connectivity index is 1.51. The first-order chi connectivity index (χ1) is 13.5. The van der Waals surface area contributed by atoms with Crippen LogP contribution in [0.5, 0.6) is 0 Å². The minimum atomic E-state index is -0.317. The van der Waals surface area contributed by atoms with Gasteiger partial charge in [0.25, 0.3) is 5.91 Å². The molecule has 146 valence electrons. The van der Waals surface area contributed by atoms with Crippen molar-refractivity contribution in [3.05, 3.63) is 57.8 Å². The molecule has 4 rings (SSSR count). The highest BCUT2D eigenvalue weighted by atomic mass is 35.5. The summed E-state index contributed by atoms with van der Waals surface area (Å²) in [7, 11) is 0. The predicted molar refractivity (Wildman–Crippen MR) is 108 cm³/mol. The number of halogens is 2. The van der Waals surface area contributed by atoms with Gasteiger partial charge in [0.2, 0.25) is 0 Å². The number of aryl methyl sites for hydroxylation is 1. The molecule has 6 nitrogen and oxygen atoms in total. The number of nitrogens with zero attached hydrogens (tertiary/aromatic N) is 3. The number of furan rings is 1. The molecule has 1 aliphatic heterocycles.